The van der Waals surface area contributed by atoms with Crippen molar-refractivity contribution in [2.75, 3.05) is 20.0 Å². The van der Waals surface area contributed by atoms with E-state index in [1.54, 1.807) is 38.2 Å². The third-order valence-corrected chi connectivity index (χ3v) is 7.21. The molecule has 4 aromatic rings. The number of nitrogens with two attached hydrogens (primary N) is 1. The number of anilines is 1. The maximum absolute atomic E-state index is 13.9. The number of sulfonamides is 1. The molecule has 0 bridgehead atoms. The summed E-state index contributed by atoms with van der Waals surface area (Å²) < 4.78 is 41.4. The summed E-state index contributed by atoms with van der Waals surface area (Å²) in [5.41, 5.74) is 8.58. The maximum Gasteiger partial charge on any atom is 0.244 e. The molecule has 1 aromatic heterocycles. The van der Waals surface area contributed by atoms with Crippen LogP contribution in [0.2, 0.25) is 0 Å². The average Bonchev–Trinajstić information content (AvgIpc) is 3.18. The molecule has 0 spiro atoms. The van der Waals surface area contributed by atoms with E-state index < -0.39 is 10.0 Å². The molecule has 0 atom stereocenters. The van der Waals surface area contributed by atoms with Gasteiger partial charge in [0.2, 0.25) is 10.0 Å². The zero-order chi connectivity index (χ0) is 23.6. The van der Waals surface area contributed by atoms with Crippen LogP contribution in [0.15, 0.2) is 71.8 Å². The summed E-state index contributed by atoms with van der Waals surface area (Å²) in [5.74, 6) is 1.41. The van der Waals surface area contributed by atoms with Crippen molar-refractivity contribution < 1.29 is 17.9 Å². The van der Waals surface area contributed by atoms with Crippen molar-refractivity contribution in [3.05, 3.63) is 78.0 Å². The monoisotopic (exact) mass is 466 g/mol. The number of nitrogens with zero attached hydrogens (tertiary/aromatic N) is 3. The summed E-state index contributed by atoms with van der Waals surface area (Å²) in [6.07, 6.45) is 1.70. The Morgan fingerprint density at radius 1 is 0.909 bits per heavy atom. The van der Waals surface area contributed by atoms with Gasteiger partial charge in [-0.3, -0.25) is 4.68 Å². The van der Waals surface area contributed by atoms with Crippen LogP contribution >= 0.6 is 0 Å². The lowest BCUT2D eigenvalue weighted by Gasteiger charge is -2.23. The third-order valence-electron chi connectivity index (χ3n) is 5.38. The first-order chi connectivity index (χ1) is 15.8. The highest BCUT2D eigenvalue weighted by atomic mass is 32.2. The van der Waals surface area contributed by atoms with E-state index in [0.29, 0.717) is 28.1 Å². The fraction of sp³-hybridized carbons (Fsp3) is 0.208. The van der Waals surface area contributed by atoms with Gasteiger partial charge in [0.15, 0.2) is 0 Å². The Kier molecular flexibility index (Phi) is 6.26. The van der Waals surface area contributed by atoms with Gasteiger partial charge in [-0.15, -0.1) is 0 Å². The first-order valence-corrected chi connectivity index (χ1v) is 11.7. The zero-order valence-electron chi connectivity index (χ0n) is 18.7. The van der Waals surface area contributed by atoms with Crippen LogP contribution in [0, 0.1) is 0 Å². The highest BCUT2D eigenvalue weighted by Gasteiger charge is 2.28. The molecule has 0 saturated carbocycles. The highest BCUT2D eigenvalue weighted by molar-refractivity contribution is 7.89. The fourth-order valence-electron chi connectivity index (χ4n) is 3.68. The van der Waals surface area contributed by atoms with E-state index >= 15 is 0 Å². The minimum atomic E-state index is -3.93. The Labute approximate surface area is 193 Å². The Bertz CT molecular complexity index is 1310. The number of rotatable bonds is 8. The topological polar surface area (TPSA) is 99.7 Å². The highest BCUT2D eigenvalue weighted by Crippen LogP contribution is 2.30. The second-order valence-corrected chi connectivity index (χ2v) is 9.63. The third kappa shape index (κ3) is 4.79. The molecule has 0 unspecified atom stereocenters. The van der Waals surface area contributed by atoms with E-state index in [2.05, 4.69) is 5.10 Å². The predicted molar refractivity (Wildman–Crippen MR) is 128 cm³/mol. The number of hydrogen-bond acceptors (Lipinski definition) is 6. The molecule has 3 aromatic carbocycles. The molecule has 9 heteroatoms. The molecule has 0 aliphatic heterocycles. The number of aromatic nitrogens is 2. The number of hydrogen-bond donors (Lipinski definition) is 1. The van der Waals surface area contributed by atoms with Crippen LogP contribution < -0.4 is 15.2 Å². The van der Waals surface area contributed by atoms with E-state index in [9.17, 15) is 8.42 Å². The quantitative estimate of drug-likeness (QED) is 0.399. The predicted octanol–water partition coefficient (Wildman–Crippen LogP) is 3.56. The first-order valence-electron chi connectivity index (χ1n) is 10.3. The van der Waals surface area contributed by atoms with Crippen molar-refractivity contribution in [1.82, 2.24) is 14.1 Å². The molecular weight excluding hydrogens is 440 g/mol. The summed E-state index contributed by atoms with van der Waals surface area (Å²) in [6, 6.07) is 17.8. The SMILES string of the molecule is COc1ccc(CN(Cc2ccc(OC)cc2)S(=O)(=O)c2cc(N)cc3nn(C)cc23)cc1. The van der Waals surface area contributed by atoms with Gasteiger partial charge < -0.3 is 15.2 Å². The Balaban J connectivity index is 1.78. The van der Waals surface area contributed by atoms with Gasteiger partial charge in [-0.25, -0.2) is 8.42 Å². The molecule has 8 nitrogen and oxygen atoms in total. The van der Waals surface area contributed by atoms with Gasteiger partial charge in [0.1, 0.15) is 11.5 Å². The van der Waals surface area contributed by atoms with Crippen LogP contribution in [0.3, 0.4) is 0 Å². The molecule has 4 rings (SSSR count). The first kappa shape index (κ1) is 22.6. The van der Waals surface area contributed by atoms with Crippen molar-refractivity contribution >= 4 is 26.6 Å². The number of methoxy groups -OCH3 is 2. The molecule has 0 saturated heterocycles. The fourth-order valence-corrected chi connectivity index (χ4v) is 5.31. The number of aryl methyl sites for hydroxylation is 1. The van der Waals surface area contributed by atoms with Gasteiger partial charge in [0.05, 0.1) is 24.6 Å². The van der Waals surface area contributed by atoms with Crippen molar-refractivity contribution in [2.24, 2.45) is 7.05 Å². The van der Waals surface area contributed by atoms with Crippen molar-refractivity contribution in [3.63, 3.8) is 0 Å². The van der Waals surface area contributed by atoms with Gasteiger partial charge in [0, 0.05) is 37.4 Å². The molecular formula is C24H26N4O4S. The summed E-state index contributed by atoms with van der Waals surface area (Å²) in [6.45, 7) is 0.351. The van der Waals surface area contributed by atoms with Crippen LogP contribution in [0.4, 0.5) is 5.69 Å². The zero-order valence-corrected chi connectivity index (χ0v) is 19.5. The molecule has 0 aliphatic rings. The number of ether oxygens (including phenoxy) is 2. The molecule has 0 aliphatic carbocycles. The standard InChI is InChI=1S/C24H26N4O4S/c1-27-16-22-23(26-27)12-19(25)13-24(22)33(29,30)28(14-17-4-8-20(31-2)9-5-17)15-18-6-10-21(32-3)11-7-18/h4-13,16H,14-15,25H2,1-3H3. The number of nitrogen functional groups attached to an aromatic ring is 1. The summed E-state index contributed by atoms with van der Waals surface area (Å²) in [4.78, 5) is 0.132. The van der Waals surface area contributed by atoms with Gasteiger partial charge in [-0.1, -0.05) is 24.3 Å². The molecule has 0 amide bonds. The van der Waals surface area contributed by atoms with Gasteiger partial charge in [-0.05, 0) is 47.5 Å². The Hall–Kier alpha value is -3.56. The lowest BCUT2D eigenvalue weighted by molar-refractivity contribution is 0.398. The molecule has 33 heavy (non-hydrogen) atoms. The van der Waals surface area contributed by atoms with E-state index in [-0.39, 0.29) is 18.0 Å². The second kappa shape index (κ2) is 9.13. The van der Waals surface area contributed by atoms with Gasteiger partial charge >= 0.3 is 0 Å². The van der Waals surface area contributed by atoms with E-state index in [4.69, 9.17) is 15.2 Å². The van der Waals surface area contributed by atoms with E-state index in [1.165, 1.54) is 10.4 Å². The second-order valence-electron chi connectivity index (χ2n) is 7.72. The Morgan fingerprint density at radius 2 is 1.42 bits per heavy atom. The lowest BCUT2D eigenvalue weighted by atomic mass is 10.2. The summed E-state index contributed by atoms with van der Waals surface area (Å²) >= 11 is 0. The van der Waals surface area contributed by atoms with Crippen molar-refractivity contribution in [1.29, 1.82) is 0 Å². The number of fused-ring (bicyclic) bond motifs is 1. The lowest BCUT2D eigenvalue weighted by Crippen LogP contribution is -2.30. The normalized spacial score (nSPS) is 11.8. The van der Waals surface area contributed by atoms with Crippen LogP contribution in [-0.2, 0) is 30.2 Å². The van der Waals surface area contributed by atoms with Gasteiger partial charge in [-0.2, -0.15) is 9.40 Å². The molecule has 0 radical (unpaired) electrons. The molecule has 2 N–H and O–H groups in total. The molecule has 1 heterocycles. The summed E-state index contributed by atoms with van der Waals surface area (Å²) in [7, 11) is 1.01. The van der Waals surface area contributed by atoms with Crippen LogP contribution in [0.5, 0.6) is 11.5 Å². The van der Waals surface area contributed by atoms with Crippen molar-refractivity contribution in [3.8, 4) is 11.5 Å². The van der Waals surface area contributed by atoms with Gasteiger partial charge in [0.25, 0.3) is 0 Å². The molecule has 172 valence electrons. The minimum Gasteiger partial charge on any atom is -0.497 e. The molecule has 0 fully saturated rings. The van der Waals surface area contributed by atoms with Crippen LogP contribution in [-0.4, -0.2) is 36.7 Å². The van der Waals surface area contributed by atoms with Crippen LogP contribution in [0.25, 0.3) is 10.9 Å². The Morgan fingerprint density at radius 3 is 1.91 bits per heavy atom. The maximum atomic E-state index is 13.9. The average molecular weight is 467 g/mol. The smallest absolute Gasteiger partial charge is 0.244 e. The number of benzene rings is 3. The summed E-state index contributed by atoms with van der Waals surface area (Å²) in [5, 5.41) is 4.87. The van der Waals surface area contributed by atoms with Crippen molar-refractivity contribution in [2.45, 2.75) is 18.0 Å². The minimum absolute atomic E-state index is 0.132. The van der Waals surface area contributed by atoms with E-state index in [0.717, 1.165) is 11.1 Å². The van der Waals surface area contributed by atoms with Crippen LogP contribution in [0.1, 0.15) is 11.1 Å². The van der Waals surface area contributed by atoms with E-state index in [1.807, 2.05) is 48.5 Å². The largest absolute Gasteiger partial charge is 0.497 e.